The number of likely N-dealkylation sites (N-methyl/N-ethyl adjacent to an activating group) is 1. The molecular formula is C21H30N2O4. The van der Waals surface area contributed by atoms with Crippen LogP contribution in [0.5, 0.6) is 0 Å². The number of esters is 1. The third-order valence-electron chi connectivity index (χ3n) is 4.02. The average Bonchev–Trinajstić information content (AvgIpc) is 2.61. The number of nitrogens with one attached hydrogen (secondary N) is 1. The second kappa shape index (κ2) is 10.5. The predicted molar refractivity (Wildman–Crippen MR) is 105 cm³/mol. The van der Waals surface area contributed by atoms with Gasteiger partial charge >= 0.3 is 5.97 Å². The summed E-state index contributed by atoms with van der Waals surface area (Å²) in [7, 11) is 0. The Balaban J connectivity index is 2.71. The van der Waals surface area contributed by atoms with Crippen molar-refractivity contribution in [1.29, 1.82) is 0 Å². The summed E-state index contributed by atoms with van der Waals surface area (Å²) in [5.41, 5.74) is 2.28. The second-order valence-electron chi connectivity index (χ2n) is 7.04. The molecule has 0 bridgehead atoms. The van der Waals surface area contributed by atoms with Crippen LogP contribution < -0.4 is 5.32 Å². The number of carbonyl (C=O) groups excluding carboxylic acids is 3. The van der Waals surface area contributed by atoms with Gasteiger partial charge in [0.2, 0.25) is 0 Å². The molecule has 1 aromatic rings. The maximum Gasteiger partial charge on any atom is 0.329 e. The Bertz CT molecular complexity index is 697. The lowest BCUT2D eigenvalue weighted by Gasteiger charge is -2.23. The van der Waals surface area contributed by atoms with E-state index < -0.39 is 12.0 Å². The molecule has 1 unspecified atom stereocenters. The Labute approximate surface area is 161 Å². The van der Waals surface area contributed by atoms with E-state index in [1.807, 2.05) is 40.7 Å². The number of carbonyl (C=O) groups is 3. The van der Waals surface area contributed by atoms with Crippen molar-refractivity contribution in [1.82, 2.24) is 10.2 Å². The average molecular weight is 374 g/mol. The number of hydrogen-bond acceptors (Lipinski definition) is 4. The first-order chi connectivity index (χ1) is 12.6. The summed E-state index contributed by atoms with van der Waals surface area (Å²) < 4.78 is 5.18. The Kier molecular flexibility index (Phi) is 8.72. The highest BCUT2D eigenvalue weighted by molar-refractivity contribution is 5.97. The summed E-state index contributed by atoms with van der Waals surface area (Å²) in [4.78, 5) is 38.6. The van der Waals surface area contributed by atoms with Gasteiger partial charge in [-0.2, -0.15) is 0 Å². The van der Waals surface area contributed by atoms with Crippen molar-refractivity contribution < 1.29 is 19.1 Å². The van der Waals surface area contributed by atoms with Gasteiger partial charge in [-0.15, -0.1) is 0 Å². The fourth-order valence-corrected chi connectivity index (χ4v) is 2.52. The zero-order chi connectivity index (χ0) is 20.6. The van der Waals surface area contributed by atoms with Gasteiger partial charge in [-0.05, 0) is 38.8 Å². The van der Waals surface area contributed by atoms with Gasteiger partial charge in [0.15, 0.2) is 6.61 Å². The van der Waals surface area contributed by atoms with E-state index in [-0.39, 0.29) is 24.3 Å². The van der Waals surface area contributed by atoms with Gasteiger partial charge in [0.25, 0.3) is 11.8 Å². The van der Waals surface area contributed by atoms with Crippen molar-refractivity contribution in [2.24, 2.45) is 5.92 Å². The maximum absolute atomic E-state index is 12.4. The standard InChI is InChI=1S/C21H30N2O4/c1-7-23(12-14(2)3)18(24)13-27-21(26)19(15(4)5)22-20(25)17-10-8-9-16(6)11-17/h8-11,15,19H,2,7,12-13H2,1,3-6H3,(H,22,25). The topological polar surface area (TPSA) is 75.7 Å². The molecule has 0 aromatic heterocycles. The van der Waals surface area contributed by atoms with Gasteiger partial charge in [-0.1, -0.05) is 43.7 Å². The lowest BCUT2D eigenvalue weighted by Crippen LogP contribution is -2.46. The molecule has 2 amide bonds. The summed E-state index contributed by atoms with van der Waals surface area (Å²) in [6.45, 7) is 13.5. The third kappa shape index (κ3) is 7.25. The van der Waals surface area contributed by atoms with Crippen molar-refractivity contribution in [2.45, 2.75) is 40.7 Å². The molecule has 0 spiro atoms. The van der Waals surface area contributed by atoms with Crippen molar-refractivity contribution in [3.8, 4) is 0 Å². The Morgan fingerprint density at radius 3 is 2.44 bits per heavy atom. The van der Waals surface area contributed by atoms with Crippen molar-refractivity contribution >= 4 is 17.8 Å². The van der Waals surface area contributed by atoms with Crippen LogP contribution in [0.3, 0.4) is 0 Å². The highest BCUT2D eigenvalue weighted by Crippen LogP contribution is 2.09. The van der Waals surface area contributed by atoms with Gasteiger partial charge in [0.05, 0.1) is 0 Å². The van der Waals surface area contributed by atoms with Gasteiger partial charge in [-0.25, -0.2) is 4.79 Å². The number of hydrogen-bond donors (Lipinski definition) is 1. The van der Waals surface area contributed by atoms with Crippen LogP contribution >= 0.6 is 0 Å². The van der Waals surface area contributed by atoms with E-state index in [1.54, 1.807) is 23.1 Å². The molecule has 0 saturated heterocycles. The van der Waals surface area contributed by atoms with E-state index in [2.05, 4.69) is 11.9 Å². The SMILES string of the molecule is C=C(C)CN(CC)C(=O)COC(=O)C(NC(=O)c1cccc(C)c1)C(C)C. The first kappa shape index (κ1) is 22.4. The number of nitrogens with zero attached hydrogens (tertiary/aromatic N) is 1. The van der Waals surface area contributed by atoms with Gasteiger partial charge in [-0.3, -0.25) is 9.59 Å². The minimum absolute atomic E-state index is 0.181. The number of ether oxygens (including phenoxy) is 1. The van der Waals surface area contributed by atoms with Crippen LogP contribution in [-0.2, 0) is 14.3 Å². The summed E-state index contributed by atoms with van der Waals surface area (Å²) in [6.07, 6.45) is 0. The molecule has 1 rings (SSSR count). The van der Waals surface area contributed by atoms with Crippen LogP contribution in [0.25, 0.3) is 0 Å². The molecule has 0 aliphatic heterocycles. The van der Waals surface area contributed by atoms with Gasteiger partial charge in [0.1, 0.15) is 6.04 Å². The zero-order valence-electron chi connectivity index (χ0n) is 16.9. The fraction of sp³-hybridized carbons (Fsp3) is 0.476. The number of amides is 2. The van der Waals surface area contributed by atoms with Crippen molar-refractivity contribution in [3.05, 3.63) is 47.5 Å². The molecule has 1 N–H and O–H groups in total. The molecule has 1 aromatic carbocycles. The van der Waals surface area contributed by atoms with E-state index in [0.29, 0.717) is 18.7 Å². The van der Waals surface area contributed by atoms with Crippen molar-refractivity contribution in [2.75, 3.05) is 19.7 Å². The molecule has 0 heterocycles. The highest BCUT2D eigenvalue weighted by Gasteiger charge is 2.27. The van der Waals surface area contributed by atoms with Crippen molar-refractivity contribution in [3.63, 3.8) is 0 Å². The minimum atomic E-state index is -0.831. The Morgan fingerprint density at radius 1 is 1.26 bits per heavy atom. The largest absolute Gasteiger partial charge is 0.454 e. The van der Waals surface area contributed by atoms with E-state index in [0.717, 1.165) is 11.1 Å². The van der Waals surface area contributed by atoms with Crippen LogP contribution in [0.2, 0.25) is 0 Å². The summed E-state index contributed by atoms with van der Waals surface area (Å²) in [5.74, 6) is -1.44. The van der Waals surface area contributed by atoms with Gasteiger partial charge in [0, 0.05) is 18.7 Å². The Morgan fingerprint density at radius 2 is 1.93 bits per heavy atom. The normalized spacial score (nSPS) is 11.6. The monoisotopic (exact) mass is 374 g/mol. The molecular weight excluding hydrogens is 344 g/mol. The van der Waals surface area contributed by atoms with E-state index >= 15 is 0 Å². The minimum Gasteiger partial charge on any atom is -0.454 e. The second-order valence-corrected chi connectivity index (χ2v) is 7.04. The molecule has 1 atom stereocenters. The number of aryl methyl sites for hydroxylation is 1. The van der Waals surface area contributed by atoms with Crippen LogP contribution in [0, 0.1) is 12.8 Å². The highest BCUT2D eigenvalue weighted by atomic mass is 16.5. The number of rotatable bonds is 9. The molecule has 27 heavy (non-hydrogen) atoms. The molecule has 0 saturated carbocycles. The number of benzene rings is 1. The summed E-state index contributed by atoms with van der Waals surface area (Å²) in [5, 5.41) is 2.71. The molecule has 0 fully saturated rings. The molecule has 0 aliphatic rings. The smallest absolute Gasteiger partial charge is 0.329 e. The lowest BCUT2D eigenvalue weighted by molar-refractivity contribution is -0.154. The molecule has 148 valence electrons. The quantitative estimate of drug-likeness (QED) is 0.533. The Hall–Kier alpha value is -2.63. The first-order valence-electron chi connectivity index (χ1n) is 9.12. The first-order valence-corrected chi connectivity index (χ1v) is 9.12. The summed E-state index contributed by atoms with van der Waals surface area (Å²) >= 11 is 0. The predicted octanol–water partition coefficient (Wildman–Crippen LogP) is 2.72. The molecule has 0 radical (unpaired) electrons. The van der Waals surface area contributed by atoms with Crippen LogP contribution in [0.1, 0.15) is 43.6 Å². The van der Waals surface area contributed by atoms with Crippen LogP contribution in [0.15, 0.2) is 36.4 Å². The molecule has 0 aliphatic carbocycles. The third-order valence-corrected chi connectivity index (χ3v) is 4.02. The fourth-order valence-electron chi connectivity index (χ4n) is 2.52. The van der Waals surface area contributed by atoms with E-state index in [1.165, 1.54) is 0 Å². The van der Waals surface area contributed by atoms with Crippen LogP contribution in [-0.4, -0.2) is 48.4 Å². The van der Waals surface area contributed by atoms with E-state index in [9.17, 15) is 14.4 Å². The molecule has 6 heteroatoms. The van der Waals surface area contributed by atoms with E-state index in [4.69, 9.17) is 4.74 Å². The lowest BCUT2D eigenvalue weighted by atomic mass is 10.0. The summed E-state index contributed by atoms with van der Waals surface area (Å²) in [6, 6.07) is 6.28. The molecule has 6 nitrogen and oxygen atoms in total. The maximum atomic E-state index is 12.4. The zero-order valence-corrected chi connectivity index (χ0v) is 16.9. The van der Waals surface area contributed by atoms with Gasteiger partial charge < -0.3 is 15.0 Å². The van der Waals surface area contributed by atoms with Crippen LogP contribution in [0.4, 0.5) is 0 Å².